The average molecular weight is 418 g/mol. The normalized spacial score (nSPS) is 13.5. The number of hydrogen-bond donors (Lipinski definition) is 1. The molecule has 2 rings (SSSR count). The van der Waals surface area contributed by atoms with Gasteiger partial charge in [-0.2, -0.15) is 0 Å². The van der Waals surface area contributed by atoms with E-state index in [-0.39, 0.29) is 0 Å². The predicted molar refractivity (Wildman–Crippen MR) is 129 cm³/mol. The Hall–Kier alpha value is -1.22. The third-order valence-electron chi connectivity index (χ3n) is 6.01. The minimum atomic E-state index is 0.808. The zero-order valence-electron chi connectivity index (χ0n) is 19.9. The van der Waals surface area contributed by atoms with Gasteiger partial charge in [-0.25, -0.2) is 0 Å². The Balaban J connectivity index is 1.74. The van der Waals surface area contributed by atoms with Gasteiger partial charge in [-0.15, -0.1) is 0 Å². The van der Waals surface area contributed by atoms with E-state index >= 15 is 0 Å². The zero-order valence-corrected chi connectivity index (χ0v) is 19.9. The first-order chi connectivity index (χ1) is 14.8. The first kappa shape index (κ1) is 25.0. The van der Waals surface area contributed by atoms with Gasteiger partial charge in [0.2, 0.25) is 0 Å². The van der Waals surface area contributed by atoms with Crippen molar-refractivity contribution in [2.75, 3.05) is 19.8 Å². The van der Waals surface area contributed by atoms with Crippen molar-refractivity contribution in [3.63, 3.8) is 0 Å². The van der Waals surface area contributed by atoms with Gasteiger partial charge in [-0.1, -0.05) is 84.1 Å². The van der Waals surface area contributed by atoms with E-state index < -0.39 is 0 Å². The highest BCUT2D eigenvalue weighted by atomic mass is 16.5. The van der Waals surface area contributed by atoms with E-state index in [1.807, 2.05) is 0 Å². The average Bonchev–Trinajstić information content (AvgIpc) is 3.58. The van der Waals surface area contributed by atoms with Gasteiger partial charge in [-0.05, 0) is 44.2 Å². The smallest absolute Gasteiger partial charge is 0.127 e. The number of unbranched alkanes of at least 4 members (excludes halogenated alkanes) is 10. The summed E-state index contributed by atoms with van der Waals surface area (Å²) in [5, 5.41) is 3.60. The van der Waals surface area contributed by atoms with Crippen molar-refractivity contribution in [3.05, 3.63) is 23.8 Å². The largest absolute Gasteiger partial charge is 0.493 e. The molecule has 0 unspecified atom stereocenters. The van der Waals surface area contributed by atoms with Crippen LogP contribution in [-0.4, -0.2) is 19.8 Å². The highest BCUT2D eigenvalue weighted by molar-refractivity contribution is 5.40. The molecule has 0 saturated heterocycles. The molecule has 0 bridgehead atoms. The third-order valence-corrected chi connectivity index (χ3v) is 6.01. The van der Waals surface area contributed by atoms with Gasteiger partial charge in [0.05, 0.1) is 13.2 Å². The van der Waals surface area contributed by atoms with Gasteiger partial charge >= 0.3 is 0 Å². The fraction of sp³-hybridized carbons (Fsp3) is 0.778. The van der Waals surface area contributed by atoms with Crippen LogP contribution in [0.5, 0.6) is 11.5 Å². The van der Waals surface area contributed by atoms with Crippen LogP contribution in [0.15, 0.2) is 18.2 Å². The highest BCUT2D eigenvalue weighted by Gasteiger charge is 2.20. The second-order valence-corrected chi connectivity index (χ2v) is 9.08. The molecule has 0 aromatic heterocycles. The summed E-state index contributed by atoms with van der Waals surface area (Å²) < 4.78 is 12.2. The summed E-state index contributed by atoms with van der Waals surface area (Å²) in [5.74, 6) is 2.86. The van der Waals surface area contributed by atoms with Crippen molar-refractivity contribution >= 4 is 0 Å². The number of benzene rings is 1. The molecular weight excluding hydrogens is 370 g/mol. The summed E-state index contributed by atoms with van der Waals surface area (Å²) in [5.41, 5.74) is 1.26. The van der Waals surface area contributed by atoms with Crippen LogP contribution >= 0.6 is 0 Å². The van der Waals surface area contributed by atoms with E-state index in [1.54, 1.807) is 0 Å². The molecule has 0 amide bonds. The Labute approximate surface area is 186 Å². The molecule has 0 aliphatic heterocycles. The zero-order chi connectivity index (χ0) is 21.3. The van der Waals surface area contributed by atoms with Crippen LogP contribution in [0.4, 0.5) is 0 Å². The maximum Gasteiger partial charge on any atom is 0.127 e. The number of nitrogens with one attached hydrogen (secondary N) is 1. The van der Waals surface area contributed by atoms with Crippen molar-refractivity contribution < 1.29 is 9.47 Å². The van der Waals surface area contributed by atoms with Gasteiger partial charge in [0, 0.05) is 18.2 Å². The lowest BCUT2D eigenvalue weighted by Crippen LogP contribution is -2.17. The maximum absolute atomic E-state index is 6.21. The molecule has 1 fully saturated rings. The van der Waals surface area contributed by atoms with E-state index in [2.05, 4.69) is 37.4 Å². The van der Waals surface area contributed by atoms with Crippen LogP contribution in [0.2, 0.25) is 0 Å². The van der Waals surface area contributed by atoms with Gasteiger partial charge in [0.25, 0.3) is 0 Å². The summed E-state index contributed by atoms with van der Waals surface area (Å²) in [4.78, 5) is 0. The fourth-order valence-corrected chi connectivity index (χ4v) is 3.77. The standard InChI is InChI=1S/C27H47NO2/c1-3-5-7-9-11-13-19-29-26-18-17-25(23-28-22-24-15-16-24)27(21-26)30-20-14-12-10-8-6-4-2/h17-18,21,24,28H,3-16,19-20,22-23H2,1-2H3. The maximum atomic E-state index is 6.21. The summed E-state index contributed by atoms with van der Waals surface area (Å²) in [7, 11) is 0. The quantitative estimate of drug-likeness (QED) is 0.221. The molecule has 172 valence electrons. The molecule has 0 radical (unpaired) electrons. The molecule has 1 aromatic rings. The van der Waals surface area contributed by atoms with Crippen LogP contribution in [0, 0.1) is 5.92 Å². The predicted octanol–water partition coefficient (Wildman–Crippen LogP) is 7.66. The van der Waals surface area contributed by atoms with Crippen LogP contribution in [0.3, 0.4) is 0 Å². The van der Waals surface area contributed by atoms with Gasteiger partial charge in [0.15, 0.2) is 0 Å². The van der Waals surface area contributed by atoms with Crippen LogP contribution in [0.1, 0.15) is 109 Å². The molecule has 3 heteroatoms. The summed E-state index contributed by atoms with van der Waals surface area (Å²) in [6, 6.07) is 6.41. The molecule has 30 heavy (non-hydrogen) atoms. The lowest BCUT2D eigenvalue weighted by atomic mass is 10.1. The van der Waals surface area contributed by atoms with Crippen LogP contribution in [0.25, 0.3) is 0 Å². The van der Waals surface area contributed by atoms with Crippen molar-refractivity contribution in [1.82, 2.24) is 5.32 Å². The van der Waals surface area contributed by atoms with Crippen LogP contribution in [-0.2, 0) is 6.54 Å². The highest BCUT2D eigenvalue weighted by Crippen LogP contribution is 2.29. The minimum absolute atomic E-state index is 0.808. The monoisotopic (exact) mass is 417 g/mol. The fourth-order valence-electron chi connectivity index (χ4n) is 3.77. The van der Waals surface area contributed by atoms with Crippen LogP contribution < -0.4 is 14.8 Å². The van der Waals surface area contributed by atoms with Gasteiger partial charge < -0.3 is 14.8 Å². The van der Waals surface area contributed by atoms with E-state index in [1.165, 1.54) is 82.6 Å². The molecule has 1 saturated carbocycles. The molecule has 0 heterocycles. The number of ether oxygens (including phenoxy) is 2. The molecule has 1 aliphatic rings. The summed E-state index contributed by atoms with van der Waals surface area (Å²) >= 11 is 0. The third kappa shape index (κ3) is 11.8. The van der Waals surface area contributed by atoms with Crippen molar-refractivity contribution in [3.8, 4) is 11.5 Å². The van der Waals surface area contributed by atoms with E-state index in [4.69, 9.17) is 9.47 Å². The lowest BCUT2D eigenvalue weighted by molar-refractivity contribution is 0.287. The summed E-state index contributed by atoms with van der Waals surface area (Å²) in [6.07, 6.45) is 18.3. The molecule has 0 spiro atoms. The van der Waals surface area contributed by atoms with Crippen molar-refractivity contribution in [2.24, 2.45) is 5.92 Å². The van der Waals surface area contributed by atoms with Crippen molar-refractivity contribution in [1.29, 1.82) is 0 Å². The number of rotatable bonds is 20. The SMILES string of the molecule is CCCCCCCCOc1ccc(CNCC2CC2)c(OCCCCCCCC)c1. The lowest BCUT2D eigenvalue weighted by Gasteiger charge is -2.15. The first-order valence-corrected chi connectivity index (χ1v) is 12.9. The Morgan fingerprint density at radius 2 is 1.37 bits per heavy atom. The Bertz CT molecular complexity index is 542. The molecule has 1 N–H and O–H groups in total. The molecule has 0 atom stereocenters. The minimum Gasteiger partial charge on any atom is -0.493 e. The second-order valence-electron chi connectivity index (χ2n) is 9.08. The Kier molecular flexibility index (Phi) is 13.7. The molecule has 3 nitrogen and oxygen atoms in total. The Morgan fingerprint density at radius 1 is 0.767 bits per heavy atom. The Morgan fingerprint density at radius 3 is 2.00 bits per heavy atom. The van der Waals surface area contributed by atoms with Crippen molar-refractivity contribution in [2.45, 2.75) is 110 Å². The number of hydrogen-bond acceptors (Lipinski definition) is 3. The topological polar surface area (TPSA) is 30.5 Å². The second kappa shape index (κ2) is 16.5. The molecular formula is C27H47NO2. The molecule has 1 aliphatic carbocycles. The summed E-state index contributed by atoms with van der Waals surface area (Å²) in [6.45, 7) is 8.17. The molecule has 1 aromatic carbocycles. The van der Waals surface area contributed by atoms with Gasteiger partial charge in [0.1, 0.15) is 11.5 Å². The van der Waals surface area contributed by atoms with E-state index in [0.717, 1.165) is 56.6 Å². The van der Waals surface area contributed by atoms with E-state index in [0.29, 0.717) is 0 Å². The van der Waals surface area contributed by atoms with E-state index in [9.17, 15) is 0 Å². The van der Waals surface area contributed by atoms with Gasteiger partial charge in [-0.3, -0.25) is 0 Å². The first-order valence-electron chi connectivity index (χ1n) is 12.9.